The molecule has 0 N–H and O–H groups in total. The predicted octanol–water partition coefficient (Wildman–Crippen LogP) is 4.68. The normalized spacial score (nSPS) is 12.2. The van der Waals surface area contributed by atoms with Crippen LogP contribution in [0, 0.1) is 6.92 Å². The largest absolute Gasteiger partial charge is 0.488 e. The van der Waals surface area contributed by atoms with Gasteiger partial charge in [-0.05, 0) is 19.1 Å². The molecule has 0 spiro atoms. The lowest BCUT2D eigenvalue weighted by atomic mass is 9.99. The van der Waals surface area contributed by atoms with Crippen molar-refractivity contribution < 1.29 is 18.6 Å². The van der Waals surface area contributed by atoms with Gasteiger partial charge in [-0.15, -0.1) is 0 Å². The van der Waals surface area contributed by atoms with Crippen molar-refractivity contribution in [3.8, 4) is 39.8 Å². The highest BCUT2D eigenvalue weighted by atomic mass is 16.5. The van der Waals surface area contributed by atoms with Crippen molar-refractivity contribution in [2.45, 2.75) is 13.5 Å². The van der Waals surface area contributed by atoms with Crippen molar-refractivity contribution in [3.63, 3.8) is 0 Å². The van der Waals surface area contributed by atoms with E-state index in [4.69, 9.17) is 13.8 Å². The molecule has 4 aromatic rings. The second-order valence-electron chi connectivity index (χ2n) is 6.35. The molecule has 27 heavy (non-hydrogen) atoms. The van der Waals surface area contributed by atoms with E-state index in [9.17, 15) is 4.79 Å². The Balaban J connectivity index is 1.61. The van der Waals surface area contributed by atoms with E-state index in [0.717, 1.165) is 28.5 Å². The minimum absolute atomic E-state index is 0.288. The van der Waals surface area contributed by atoms with Crippen LogP contribution in [0.4, 0.5) is 0 Å². The van der Waals surface area contributed by atoms with Crippen LogP contribution >= 0.6 is 0 Å². The Morgan fingerprint density at radius 3 is 2.56 bits per heavy atom. The molecule has 0 saturated carbocycles. The van der Waals surface area contributed by atoms with Crippen molar-refractivity contribution in [1.82, 2.24) is 10.3 Å². The molecule has 0 radical (unpaired) electrons. The van der Waals surface area contributed by atoms with Gasteiger partial charge < -0.3 is 13.8 Å². The van der Waals surface area contributed by atoms with E-state index in [1.807, 2.05) is 43.3 Å². The summed E-state index contributed by atoms with van der Waals surface area (Å²) in [6.45, 7) is 2.23. The van der Waals surface area contributed by atoms with E-state index in [1.54, 1.807) is 12.1 Å². The van der Waals surface area contributed by atoms with Crippen LogP contribution in [-0.2, 0) is 6.61 Å². The highest BCUT2D eigenvalue weighted by molar-refractivity contribution is 5.83. The quantitative estimate of drug-likeness (QED) is 0.495. The number of rotatable bonds is 3. The molecule has 5 rings (SSSR count). The average Bonchev–Trinajstić information content (AvgIpc) is 3.31. The van der Waals surface area contributed by atoms with Crippen molar-refractivity contribution in [2.24, 2.45) is 0 Å². The van der Waals surface area contributed by atoms with Crippen molar-refractivity contribution >= 4 is 6.29 Å². The van der Waals surface area contributed by atoms with Gasteiger partial charge in [0.05, 0.1) is 5.56 Å². The van der Waals surface area contributed by atoms with Crippen LogP contribution < -0.4 is 4.74 Å². The second-order valence-corrected chi connectivity index (χ2v) is 6.35. The minimum atomic E-state index is 0.288. The number of nitrogens with zero attached hydrogens (tertiary/aromatic N) is 2. The first-order chi connectivity index (χ1) is 13.3. The summed E-state index contributed by atoms with van der Waals surface area (Å²) in [6.07, 6.45) is 0.789. The van der Waals surface area contributed by atoms with E-state index in [-0.39, 0.29) is 6.61 Å². The Labute approximate surface area is 154 Å². The van der Waals surface area contributed by atoms with E-state index in [1.165, 1.54) is 0 Å². The van der Waals surface area contributed by atoms with Gasteiger partial charge in [-0.3, -0.25) is 4.79 Å². The molecular formula is C21H14N2O4. The molecular weight excluding hydrogens is 344 g/mol. The number of fused-ring (bicyclic) bond motifs is 3. The highest BCUT2D eigenvalue weighted by Gasteiger charge is 2.29. The van der Waals surface area contributed by atoms with E-state index in [2.05, 4.69) is 10.3 Å². The summed E-state index contributed by atoms with van der Waals surface area (Å²) >= 11 is 0. The third kappa shape index (κ3) is 2.38. The third-order valence-corrected chi connectivity index (χ3v) is 4.73. The molecule has 2 aromatic carbocycles. The van der Waals surface area contributed by atoms with Crippen LogP contribution in [0.3, 0.4) is 0 Å². The van der Waals surface area contributed by atoms with Crippen LogP contribution in [0.25, 0.3) is 34.0 Å². The number of hydrogen-bond acceptors (Lipinski definition) is 6. The molecule has 6 heteroatoms. The number of ether oxygens (including phenoxy) is 1. The molecule has 0 atom stereocenters. The summed E-state index contributed by atoms with van der Waals surface area (Å²) in [5, 5.41) is 8.44. The standard InChI is InChI=1S/C21H14N2O4/c1-12-18(22-26-20(12)14-5-3-2-4-6-14)21-16-11-25-17-9-13(10-24)7-8-15(17)19(16)23-27-21/h2-10H,11H2,1H3. The maximum absolute atomic E-state index is 11.0. The molecule has 0 saturated heterocycles. The summed E-state index contributed by atoms with van der Waals surface area (Å²) in [5.74, 6) is 1.86. The maximum Gasteiger partial charge on any atom is 0.196 e. The topological polar surface area (TPSA) is 78.4 Å². The maximum atomic E-state index is 11.0. The number of carbonyl (C=O) groups is 1. The summed E-state index contributed by atoms with van der Waals surface area (Å²) in [6, 6.07) is 15.0. The van der Waals surface area contributed by atoms with Gasteiger partial charge in [0.1, 0.15) is 24.3 Å². The molecule has 3 heterocycles. The summed E-state index contributed by atoms with van der Waals surface area (Å²) < 4.78 is 17.0. The third-order valence-electron chi connectivity index (χ3n) is 4.73. The van der Waals surface area contributed by atoms with Crippen molar-refractivity contribution in [3.05, 3.63) is 65.2 Å². The van der Waals surface area contributed by atoms with Crippen LogP contribution in [0.2, 0.25) is 0 Å². The molecule has 1 aliphatic heterocycles. The molecule has 6 nitrogen and oxygen atoms in total. The Bertz CT molecular complexity index is 1160. The summed E-state index contributed by atoms with van der Waals surface area (Å²) in [5.41, 5.74) is 5.30. The van der Waals surface area contributed by atoms with E-state index in [0.29, 0.717) is 34.2 Å². The average molecular weight is 358 g/mol. The number of aldehydes is 1. The first-order valence-electron chi connectivity index (χ1n) is 8.49. The van der Waals surface area contributed by atoms with Gasteiger partial charge in [-0.2, -0.15) is 0 Å². The van der Waals surface area contributed by atoms with Gasteiger partial charge in [0.2, 0.25) is 0 Å². The van der Waals surface area contributed by atoms with Crippen LogP contribution in [-0.4, -0.2) is 16.6 Å². The van der Waals surface area contributed by atoms with Crippen molar-refractivity contribution in [1.29, 1.82) is 0 Å². The molecule has 0 unspecified atom stereocenters. The zero-order valence-corrected chi connectivity index (χ0v) is 14.4. The lowest BCUT2D eigenvalue weighted by molar-refractivity contribution is 0.112. The van der Waals surface area contributed by atoms with Crippen LogP contribution in [0.15, 0.2) is 57.6 Å². The zero-order chi connectivity index (χ0) is 18.4. The lowest BCUT2D eigenvalue weighted by Gasteiger charge is -2.16. The smallest absolute Gasteiger partial charge is 0.196 e. The molecule has 132 valence electrons. The number of hydrogen-bond donors (Lipinski definition) is 0. The van der Waals surface area contributed by atoms with E-state index < -0.39 is 0 Å². The Hall–Kier alpha value is -3.67. The Morgan fingerprint density at radius 2 is 1.74 bits per heavy atom. The zero-order valence-electron chi connectivity index (χ0n) is 14.4. The Kier molecular flexibility index (Phi) is 3.43. The second kappa shape index (κ2) is 5.95. The molecule has 0 fully saturated rings. The lowest BCUT2D eigenvalue weighted by Crippen LogP contribution is -2.05. The summed E-state index contributed by atoms with van der Waals surface area (Å²) in [4.78, 5) is 11.0. The van der Waals surface area contributed by atoms with Crippen LogP contribution in [0.1, 0.15) is 21.5 Å². The van der Waals surface area contributed by atoms with Gasteiger partial charge >= 0.3 is 0 Å². The molecule has 0 amide bonds. The van der Waals surface area contributed by atoms with Gasteiger partial charge in [-0.25, -0.2) is 0 Å². The van der Waals surface area contributed by atoms with Gasteiger partial charge in [0.25, 0.3) is 0 Å². The van der Waals surface area contributed by atoms with Crippen LogP contribution in [0.5, 0.6) is 5.75 Å². The van der Waals surface area contributed by atoms with Gasteiger partial charge in [0, 0.05) is 22.3 Å². The molecule has 0 bridgehead atoms. The monoisotopic (exact) mass is 358 g/mol. The number of carbonyl (C=O) groups excluding carboxylic acids is 1. The first-order valence-corrected chi connectivity index (χ1v) is 8.49. The first kappa shape index (κ1) is 15.6. The van der Waals surface area contributed by atoms with Crippen molar-refractivity contribution in [2.75, 3.05) is 0 Å². The predicted molar refractivity (Wildman–Crippen MR) is 97.3 cm³/mol. The molecule has 2 aromatic heterocycles. The van der Waals surface area contributed by atoms with Gasteiger partial charge in [0.15, 0.2) is 17.2 Å². The number of benzene rings is 2. The molecule has 0 aliphatic carbocycles. The number of aromatic nitrogens is 2. The fourth-order valence-corrected chi connectivity index (χ4v) is 3.32. The molecule has 1 aliphatic rings. The van der Waals surface area contributed by atoms with E-state index >= 15 is 0 Å². The Morgan fingerprint density at radius 1 is 0.963 bits per heavy atom. The minimum Gasteiger partial charge on any atom is -0.488 e. The summed E-state index contributed by atoms with van der Waals surface area (Å²) in [7, 11) is 0. The SMILES string of the molecule is Cc1c(-c2onc3c2COc2cc(C=O)ccc2-3)noc1-c1ccccc1. The van der Waals surface area contributed by atoms with Gasteiger partial charge in [-0.1, -0.05) is 46.7 Å². The fourth-order valence-electron chi connectivity index (χ4n) is 3.32. The fraction of sp³-hybridized carbons (Fsp3) is 0.0952. The highest BCUT2D eigenvalue weighted by Crippen LogP contribution is 2.42.